The van der Waals surface area contributed by atoms with E-state index in [0.717, 1.165) is 60.3 Å². The summed E-state index contributed by atoms with van der Waals surface area (Å²) in [7, 11) is 3.88. The lowest BCUT2D eigenvalue weighted by molar-refractivity contribution is 0.197. The minimum absolute atomic E-state index is 0.0394. The molecule has 2 aliphatic heterocycles. The Morgan fingerprint density at radius 3 is 2.56 bits per heavy atom. The average Bonchev–Trinajstić information content (AvgIpc) is 3.50. The average molecular weight is 452 g/mol. The first kappa shape index (κ1) is 20.9. The molecule has 2 unspecified atom stereocenters. The van der Waals surface area contributed by atoms with Gasteiger partial charge in [0, 0.05) is 63.6 Å². The molecule has 0 aliphatic carbocycles. The number of nitrogens with zero attached hydrogens (tertiary/aromatic N) is 7. The van der Waals surface area contributed by atoms with E-state index in [1.807, 2.05) is 36.0 Å². The molecule has 166 valence electrons. The fraction of sp³-hybridized carbons (Fsp3) is 0.391. The molecule has 8 nitrogen and oxygen atoms in total. The van der Waals surface area contributed by atoms with Crippen LogP contribution in [0.3, 0.4) is 0 Å². The zero-order valence-corrected chi connectivity index (χ0v) is 19.0. The van der Waals surface area contributed by atoms with E-state index >= 15 is 0 Å². The fourth-order valence-electron chi connectivity index (χ4n) is 4.71. The highest BCUT2D eigenvalue weighted by atomic mass is 35.5. The number of halogens is 1. The van der Waals surface area contributed by atoms with Crippen molar-refractivity contribution in [1.29, 1.82) is 0 Å². The molecule has 0 radical (unpaired) electrons. The maximum Gasteiger partial charge on any atom is 0.344 e. The topological polar surface area (TPSA) is 70.4 Å². The Kier molecular flexibility index (Phi) is 5.57. The van der Waals surface area contributed by atoms with Crippen molar-refractivity contribution >= 4 is 23.3 Å². The van der Waals surface area contributed by atoms with Crippen LogP contribution in [-0.4, -0.2) is 75.9 Å². The first-order valence-corrected chi connectivity index (χ1v) is 11.1. The van der Waals surface area contributed by atoms with Crippen LogP contribution in [0.25, 0.3) is 11.3 Å². The summed E-state index contributed by atoms with van der Waals surface area (Å²) in [6, 6.07) is 7.96. The van der Waals surface area contributed by atoms with E-state index in [1.165, 1.54) is 4.68 Å². The molecule has 2 aliphatic rings. The number of hydrogen-bond donors (Lipinski definition) is 0. The molecule has 0 bridgehead atoms. The summed E-state index contributed by atoms with van der Waals surface area (Å²) >= 11 is 6.60. The minimum Gasteiger partial charge on any atom is -0.375 e. The molecule has 2 atom stereocenters. The number of likely N-dealkylation sites (tertiary alicyclic amines) is 2. The molecule has 9 heteroatoms. The highest BCUT2D eigenvalue weighted by molar-refractivity contribution is 6.31. The molecule has 2 aromatic heterocycles. The number of benzene rings is 1. The minimum atomic E-state index is -0.0394. The smallest absolute Gasteiger partial charge is 0.344 e. The standard InChI is InChI=1S/C23H26ClN7O/c1-28(2)20-8-27-31(14-20)23(32)30-12-18-10-29(11-19(18)13-30)9-17-4-3-16(7-21(17)24)22-5-6-25-15-26-22/h3-8,14-15,18-19H,9-13H2,1-2H3. The third kappa shape index (κ3) is 4.08. The van der Waals surface area contributed by atoms with Gasteiger partial charge in [0.15, 0.2) is 0 Å². The SMILES string of the molecule is CN(C)c1cnn(C(=O)N2CC3CN(Cc4ccc(-c5ccncn5)cc4Cl)CC3C2)c1. The van der Waals surface area contributed by atoms with E-state index in [0.29, 0.717) is 11.8 Å². The van der Waals surface area contributed by atoms with Gasteiger partial charge in [-0.1, -0.05) is 23.7 Å². The molecule has 4 heterocycles. The zero-order valence-electron chi connectivity index (χ0n) is 18.2. The van der Waals surface area contributed by atoms with E-state index in [1.54, 1.807) is 24.9 Å². The number of carbonyl (C=O) groups excluding carboxylic acids is 1. The second kappa shape index (κ2) is 8.52. The Morgan fingerprint density at radius 2 is 1.94 bits per heavy atom. The van der Waals surface area contributed by atoms with Gasteiger partial charge in [0.05, 0.1) is 23.8 Å². The summed E-state index contributed by atoms with van der Waals surface area (Å²) in [5.41, 5.74) is 3.89. The number of hydrogen-bond acceptors (Lipinski definition) is 6. The van der Waals surface area contributed by atoms with Crippen molar-refractivity contribution in [2.45, 2.75) is 6.54 Å². The van der Waals surface area contributed by atoms with Gasteiger partial charge in [-0.15, -0.1) is 0 Å². The van der Waals surface area contributed by atoms with Gasteiger partial charge in [0.25, 0.3) is 0 Å². The number of aromatic nitrogens is 4. The van der Waals surface area contributed by atoms with Gasteiger partial charge >= 0.3 is 6.03 Å². The highest BCUT2D eigenvalue weighted by Crippen LogP contribution is 2.33. The summed E-state index contributed by atoms with van der Waals surface area (Å²) < 4.78 is 1.45. The third-order valence-electron chi connectivity index (χ3n) is 6.44. The van der Waals surface area contributed by atoms with Crippen LogP contribution in [0.2, 0.25) is 5.02 Å². The summed E-state index contributed by atoms with van der Waals surface area (Å²) in [6.45, 7) is 4.31. The van der Waals surface area contributed by atoms with Crippen molar-refractivity contribution < 1.29 is 4.79 Å². The van der Waals surface area contributed by atoms with Gasteiger partial charge in [-0.3, -0.25) is 4.90 Å². The number of anilines is 1. The lowest BCUT2D eigenvalue weighted by Gasteiger charge is -2.22. The van der Waals surface area contributed by atoms with Crippen molar-refractivity contribution in [2.75, 3.05) is 45.2 Å². The van der Waals surface area contributed by atoms with E-state index in [-0.39, 0.29) is 6.03 Å². The van der Waals surface area contributed by atoms with E-state index in [2.05, 4.69) is 32.1 Å². The number of amides is 1. The Hall–Kier alpha value is -2.97. The van der Waals surface area contributed by atoms with Crippen molar-refractivity contribution in [2.24, 2.45) is 11.8 Å². The monoisotopic (exact) mass is 451 g/mol. The normalized spacial score (nSPS) is 20.5. The molecule has 5 rings (SSSR count). The number of fused-ring (bicyclic) bond motifs is 1. The molecule has 3 aromatic rings. The van der Waals surface area contributed by atoms with Crippen LogP contribution in [0.5, 0.6) is 0 Å². The molecule has 1 aromatic carbocycles. The van der Waals surface area contributed by atoms with Gasteiger partial charge in [-0.25, -0.2) is 14.8 Å². The van der Waals surface area contributed by atoms with Crippen molar-refractivity contribution in [3.63, 3.8) is 0 Å². The molecule has 0 saturated carbocycles. The second-order valence-corrected chi connectivity index (χ2v) is 9.25. The number of rotatable bonds is 4. The van der Waals surface area contributed by atoms with E-state index < -0.39 is 0 Å². The van der Waals surface area contributed by atoms with Crippen molar-refractivity contribution in [1.82, 2.24) is 29.5 Å². The maximum atomic E-state index is 12.8. The lowest BCUT2D eigenvalue weighted by Crippen LogP contribution is -2.36. The molecular weight excluding hydrogens is 426 g/mol. The third-order valence-corrected chi connectivity index (χ3v) is 6.79. The fourth-order valence-corrected chi connectivity index (χ4v) is 4.95. The molecule has 1 amide bonds. The summed E-state index contributed by atoms with van der Waals surface area (Å²) in [6.07, 6.45) is 6.78. The van der Waals surface area contributed by atoms with Crippen LogP contribution in [0.4, 0.5) is 10.5 Å². The van der Waals surface area contributed by atoms with Crippen LogP contribution in [0.15, 0.2) is 49.2 Å². The molecule has 2 saturated heterocycles. The van der Waals surface area contributed by atoms with Gasteiger partial charge in [0.2, 0.25) is 0 Å². The second-order valence-electron chi connectivity index (χ2n) is 8.84. The quantitative estimate of drug-likeness (QED) is 0.607. The summed E-state index contributed by atoms with van der Waals surface area (Å²) in [4.78, 5) is 27.4. The van der Waals surface area contributed by atoms with Crippen LogP contribution < -0.4 is 4.90 Å². The molecule has 32 heavy (non-hydrogen) atoms. The van der Waals surface area contributed by atoms with Gasteiger partial charge in [-0.2, -0.15) is 9.78 Å². The van der Waals surface area contributed by atoms with E-state index in [9.17, 15) is 4.79 Å². The predicted molar refractivity (Wildman–Crippen MR) is 124 cm³/mol. The number of carbonyl (C=O) groups is 1. The van der Waals surface area contributed by atoms with Crippen LogP contribution in [0.1, 0.15) is 5.56 Å². The van der Waals surface area contributed by atoms with Crippen LogP contribution >= 0.6 is 11.6 Å². The van der Waals surface area contributed by atoms with Gasteiger partial charge in [-0.05, 0) is 29.5 Å². The van der Waals surface area contributed by atoms with E-state index in [4.69, 9.17) is 11.6 Å². The first-order chi connectivity index (χ1) is 15.5. The molecular formula is C23H26ClN7O. The molecule has 0 spiro atoms. The highest BCUT2D eigenvalue weighted by Gasteiger charge is 2.42. The van der Waals surface area contributed by atoms with Crippen LogP contribution in [-0.2, 0) is 6.54 Å². The Morgan fingerprint density at radius 1 is 1.16 bits per heavy atom. The maximum absolute atomic E-state index is 12.8. The van der Waals surface area contributed by atoms with Crippen molar-refractivity contribution in [3.8, 4) is 11.3 Å². The zero-order chi connectivity index (χ0) is 22.2. The largest absolute Gasteiger partial charge is 0.375 e. The summed E-state index contributed by atoms with van der Waals surface area (Å²) in [5, 5.41) is 4.99. The molecule has 0 N–H and O–H groups in total. The Bertz CT molecular complexity index is 1100. The summed E-state index contributed by atoms with van der Waals surface area (Å²) in [5.74, 6) is 0.976. The van der Waals surface area contributed by atoms with Gasteiger partial charge in [0.1, 0.15) is 6.33 Å². The lowest BCUT2D eigenvalue weighted by atomic mass is 10.0. The molecule has 2 fully saturated rings. The predicted octanol–water partition coefficient (Wildman–Crippen LogP) is 3.09. The Labute approximate surface area is 192 Å². The Balaban J connectivity index is 1.19. The van der Waals surface area contributed by atoms with Crippen LogP contribution in [0, 0.1) is 11.8 Å². The first-order valence-electron chi connectivity index (χ1n) is 10.8. The van der Waals surface area contributed by atoms with Gasteiger partial charge < -0.3 is 9.80 Å². The van der Waals surface area contributed by atoms with Crippen molar-refractivity contribution in [3.05, 3.63) is 59.8 Å².